The number of pyridine rings is 2. The van der Waals surface area contributed by atoms with Crippen molar-refractivity contribution in [1.82, 2.24) is 9.97 Å². The van der Waals surface area contributed by atoms with Gasteiger partial charge in [-0.3, -0.25) is 0 Å². The molecule has 0 aliphatic rings. The smallest absolute Gasteiger partial charge is 0.213 e. The minimum absolute atomic E-state index is 0.538. The number of benzene rings is 1. The van der Waals surface area contributed by atoms with Gasteiger partial charge in [-0.05, 0) is 12.1 Å². The Morgan fingerprint density at radius 3 is 2.65 bits per heavy atom. The first-order chi connectivity index (χ1) is 8.29. The van der Waals surface area contributed by atoms with Crippen molar-refractivity contribution in [3.8, 4) is 5.88 Å². The Morgan fingerprint density at radius 2 is 1.82 bits per heavy atom. The lowest BCUT2D eigenvalue weighted by atomic mass is 10.2. The van der Waals surface area contributed by atoms with Crippen LogP contribution in [0.1, 0.15) is 0 Å². The van der Waals surface area contributed by atoms with E-state index in [2.05, 4.69) is 9.97 Å². The molecule has 0 N–H and O–H groups in total. The summed E-state index contributed by atoms with van der Waals surface area (Å²) in [4.78, 5) is 8.84. The van der Waals surface area contributed by atoms with Crippen molar-refractivity contribution < 1.29 is 4.74 Å². The number of halogens is 1. The summed E-state index contributed by atoms with van der Waals surface area (Å²) in [5, 5.41) is 1.52. The highest BCUT2D eigenvalue weighted by atomic mass is 35.5. The molecule has 0 spiro atoms. The summed E-state index contributed by atoms with van der Waals surface area (Å²) in [6.07, 6.45) is 0. The molecule has 3 aromatic rings. The molecule has 2 heterocycles. The van der Waals surface area contributed by atoms with E-state index in [4.69, 9.17) is 16.3 Å². The zero-order chi connectivity index (χ0) is 11.8. The largest absolute Gasteiger partial charge is 0.481 e. The van der Waals surface area contributed by atoms with E-state index >= 15 is 0 Å². The van der Waals surface area contributed by atoms with Gasteiger partial charge < -0.3 is 4.74 Å². The molecule has 0 atom stereocenters. The zero-order valence-electron chi connectivity index (χ0n) is 9.14. The van der Waals surface area contributed by atoms with Crippen LogP contribution in [0.25, 0.3) is 21.9 Å². The van der Waals surface area contributed by atoms with Crippen molar-refractivity contribution in [2.45, 2.75) is 0 Å². The fourth-order valence-electron chi connectivity index (χ4n) is 1.81. The lowest BCUT2D eigenvalue weighted by Crippen LogP contribution is -1.91. The van der Waals surface area contributed by atoms with Gasteiger partial charge in [-0.15, -0.1) is 0 Å². The van der Waals surface area contributed by atoms with Crippen molar-refractivity contribution >= 4 is 33.5 Å². The van der Waals surface area contributed by atoms with Crippen LogP contribution in [0.5, 0.6) is 5.88 Å². The summed E-state index contributed by atoms with van der Waals surface area (Å²) >= 11 is 6.35. The number of para-hydroxylation sites is 1. The molecular weight excluding hydrogens is 236 g/mol. The molecule has 0 fully saturated rings. The first kappa shape index (κ1) is 10.3. The van der Waals surface area contributed by atoms with Gasteiger partial charge in [0.2, 0.25) is 5.88 Å². The molecule has 3 nitrogen and oxygen atoms in total. The van der Waals surface area contributed by atoms with E-state index < -0.39 is 0 Å². The predicted molar refractivity (Wildman–Crippen MR) is 68.6 cm³/mol. The third-order valence-corrected chi connectivity index (χ3v) is 3.03. The third kappa shape index (κ3) is 1.59. The van der Waals surface area contributed by atoms with E-state index in [-0.39, 0.29) is 0 Å². The number of rotatable bonds is 1. The number of nitrogens with zero attached hydrogens (tertiary/aromatic N) is 2. The molecular formula is C13H9ClN2O. The van der Waals surface area contributed by atoms with E-state index in [0.717, 1.165) is 16.4 Å². The average molecular weight is 245 g/mol. The molecule has 0 bridgehead atoms. The molecule has 2 aromatic heterocycles. The Kier molecular flexibility index (Phi) is 2.34. The van der Waals surface area contributed by atoms with Gasteiger partial charge in [-0.1, -0.05) is 29.8 Å². The molecule has 0 saturated carbocycles. The summed E-state index contributed by atoms with van der Waals surface area (Å²) in [5.74, 6) is 0.538. The summed E-state index contributed by atoms with van der Waals surface area (Å²) in [7, 11) is 1.58. The van der Waals surface area contributed by atoms with Crippen molar-refractivity contribution in [1.29, 1.82) is 0 Å². The minimum Gasteiger partial charge on any atom is -0.481 e. The maximum Gasteiger partial charge on any atom is 0.213 e. The maximum absolute atomic E-state index is 6.35. The highest BCUT2D eigenvalue weighted by molar-refractivity contribution is 6.39. The molecule has 84 valence electrons. The summed E-state index contributed by atoms with van der Waals surface area (Å²) in [5.41, 5.74) is 2.32. The SMILES string of the molecule is COc1ccc2nc3ccccc3c(Cl)c2n1. The Bertz CT molecular complexity index is 712. The molecule has 0 amide bonds. The van der Waals surface area contributed by atoms with Crippen molar-refractivity contribution in [2.75, 3.05) is 7.11 Å². The van der Waals surface area contributed by atoms with Crippen LogP contribution in [0.3, 0.4) is 0 Å². The van der Waals surface area contributed by atoms with Crippen LogP contribution in [0, 0.1) is 0 Å². The minimum atomic E-state index is 0.538. The lowest BCUT2D eigenvalue weighted by Gasteiger charge is -2.05. The number of aromatic nitrogens is 2. The zero-order valence-corrected chi connectivity index (χ0v) is 9.90. The highest BCUT2D eigenvalue weighted by Crippen LogP contribution is 2.29. The van der Waals surface area contributed by atoms with Crippen molar-refractivity contribution in [3.05, 3.63) is 41.4 Å². The second kappa shape index (κ2) is 3.86. The second-order valence-electron chi connectivity index (χ2n) is 3.66. The van der Waals surface area contributed by atoms with E-state index in [1.807, 2.05) is 30.3 Å². The van der Waals surface area contributed by atoms with Crippen LogP contribution < -0.4 is 4.74 Å². The van der Waals surface area contributed by atoms with Gasteiger partial charge >= 0.3 is 0 Å². The normalized spacial score (nSPS) is 10.9. The van der Waals surface area contributed by atoms with Gasteiger partial charge in [-0.2, -0.15) is 0 Å². The van der Waals surface area contributed by atoms with Crippen LogP contribution in [0.15, 0.2) is 36.4 Å². The van der Waals surface area contributed by atoms with Gasteiger partial charge in [0.1, 0.15) is 5.52 Å². The van der Waals surface area contributed by atoms with Gasteiger partial charge in [0.25, 0.3) is 0 Å². The third-order valence-electron chi connectivity index (χ3n) is 2.65. The van der Waals surface area contributed by atoms with Crippen LogP contribution in [-0.4, -0.2) is 17.1 Å². The van der Waals surface area contributed by atoms with Crippen molar-refractivity contribution in [3.63, 3.8) is 0 Å². The van der Waals surface area contributed by atoms with E-state index in [1.54, 1.807) is 13.2 Å². The van der Waals surface area contributed by atoms with Crippen LogP contribution >= 0.6 is 11.6 Å². The molecule has 0 aliphatic heterocycles. The molecule has 0 unspecified atom stereocenters. The Labute approximate surface area is 103 Å². The monoisotopic (exact) mass is 244 g/mol. The first-order valence-corrected chi connectivity index (χ1v) is 5.56. The van der Waals surface area contributed by atoms with Crippen LogP contribution in [0.2, 0.25) is 5.02 Å². The molecule has 3 rings (SSSR count). The van der Waals surface area contributed by atoms with Crippen LogP contribution in [0.4, 0.5) is 0 Å². The quantitative estimate of drug-likeness (QED) is 0.615. The van der Waals surface area contributed by atoms with Gasteiger partial charge in [0.05, 0.1) is 23.2 Å². The molecule has 1 aromatic carbocycles. The summed E-state index contributed by atoms with van der Waals surface area (Å²) in [6.45, 7) is 0. The summed E-state index contributed by atoms with van der Waals surface area (Å²) in [6, 6.07) is 11.4. The first-order valence-electron chi connectivity index (χ1n) is 5.18. The van der Waals surface area contributed by atoms with E-state index in [9.17, 15) is 0 Å². The highest BCUT2D eigenvalue weighted by Gasteiger charge is 2.08. The average Bonchev–Trinajstić information content (AvgIpc) is 2.39. The van der Waals surface area contributed by atoms with E-state index in [0.29, 0.717) is 16.4 Å². The number of hydrogen-bond donors (Lipinski definition) is 0. The fraction of sp³-hybridized carbons (Fsp3) is 0.0769. The van der Waals surface area contributed by atoms with Gasteiger partial charge in [0, 0.05) is 11.5 Å². The van der Waals surface area contributed by atoms with Gasteiger partial charge in [0.15, 0.2) is 0 Å². The molecule has 0 aliphatic carbocycles. The molecule has 0 radical (unpaired) electrons. The Morgan fingerprint density at radius 1 is 1.00 bits per heavy atom. The second-order valence-corrected chi connectivity index (χ2v) is 4.04. The lowest BCUT2D eigenvalue weighted by molar-refractivity contribution is 0.399. The molecule has 0 saturated heterocycles. The number of ether oxygens (including phenoxy) is 1. The maximum atomic E-state index is 6.35. The van der Waals surface area contributed by atoms with Crippen LogP contribution in [-0.2, 0) is 0 Å². The topological polar surface area (TPSA) is 35.0 Å². The van der Waals surface area contributed by atoms with E-state index in [1.165, 1.54) is 0 Å². The Balaban J connectivity index is 2.46. The van der Waals surface area contributed by atoms with Gasteiger partial charge in [-0.25, -0.2) is 9.97 Å². The fourth-order valence-corrected chi connectivity index (χ4v) is 2.11. The van der Waals surface area contributed by atoms with Crippen molar-refractivity contribution in [2.24, 2.45) is 0 Å². The number of fused-ring (bicyclic) bond motifs is 2. The standard InChI is InChI=1S/C13H9ClN2O/c1-17-11-7-6-10-13(16-11)12(14)8-4-2-3-5-9(8)15-10/h2-7H,1H3. The number of hydrogen-bond acceptors (Lipinski definition) is 3. The number of methoxy groups -OCH3 is 1. The predicted octanol–water partition coefficient (Wildman–Crippen LogP) is 3.45. The molecule has 4 heteroatoms. The Hall–Kier alpha value is -1.87. The molecule has 17 heavy (non-hydrogen) atoms. The summed E-state index contributed by atoms with van der Waals surface area (Å²) < 4.78 is 5.09.